The number of carboxylic acid groups (broad SMARTS) is 1. The molecule has 13 heteroatoms. The monoisotopic (exact) mass is 572 g/mol. The van der Waals surface area contributed by atoms with Crippen molar-refractivity contribution in [2.24, 2.45) is 0 Å². The summed E-state index contributed by atoms with van der Waals surface area (Å²) >= 11 is 0. The quantitative estimate of drug-likeness (QED) is 0.437. The lowest BCUT2D eigenvalue weighted by molar-refractivity contribution is -0.192. The number of rotatable bonds is 8. The van der Waals surface area contributed by atoms with Crippen molar-refractivity contribution in [3.63, 3.8) is 0 Å². The molecule has 0 unspecified atom stereocenters. The number of nitrogens with zero attached hydrogens (tertiary/aromatic N) is 2. The largest absolute Gasteiger partial charge is 0.490 e. The predicted octanol–water partition coefficient (Wildman–Crippen LogP) is 4.02. The third kappa shape index (κ3) is 9.13. The van der Waals surface area contributed by atoms with Gasteiger partial charge in [-0.25, -0.2) is 13.2 Å². The second-order valence-electron chi connectivity index (χ2n) is 9.23. The van der Waals surface area contributed by atoms with Crippen LogP contribution in [0.2, 0.25) is 0 Å². The van der Waals surface area contributed by atoms with Gasteiger partial charge in [-0.05, 0) is 50.1 Å². The molecule has 1 aliphatic rings. The lowest BCUT2D eigenvalue weighted by Gasteiger charge is -2.31. The first-order chi connectivity index (χ1) is 18.2. The number of sulfonamides is 1. The molecule has 1 amide bonds. The fourth-order valence-corrected chi connectivity index (χ4v) is 5.24. The fraction of sp³-hybridized carbons (Fsp3) is 0.462. The van der Waals surface area contributed by atoms with Crippen LogP contribution in [0.15, 0.2) is 41.3 Å². The van der Waals surface area contributed by atoms with Crippen LogP contribution in [0.4, 0.5) is 24.5 Å². The molecule has 39 heavy (non-hydrogen) atoms. The van der Waals surface area contributed by atoms with Crippen molar-refractivity contribution in [1.29, 1.82) is 0 Å². The van der Waals surface area contributed by atoms with Gasteiger partial charge < -0.3 is 20.2 Å². The van der Waals surface area contributed by atoms with Gasteiger partial charge in [0, 0.05) is 45.3 Å². The van der Waals surface area contributed by atoms with Crippen LogP contribution < -0.4 is 14.9 Å². The number of amides is 1. The van der Waals surface area contributed by atoms with Crippen LogP contribution in [0.5, 0.6) is 0 Å². The number of aliphatic carboxylic acids is 1. The molecule has 1 heterocycles. The second kappa shape index (κ2) is 13.7. The molecule has 0 saturated carbocycles. The molecule has 1 saturated heterocycles. The average Bonchev–Trinajstić information content (AvgIpc) is 2.86. The highest BCUT2D eigenvalue weighted by molar-refractivity contribution is 7.92. The summed E-state index contributed by atoms with van der Waals surface area (Å²) in [6.07, 6.45) is -3.16. The van der Waals surface area contributed by atoms with Crippen molar-refractivity contribution >= 4 is 33.3 Å². The van der Waals surface area contributed by atoms with E-state index in [1.807, 2.05) is 19.1 Å². The number of anilines is 2. The Morgan fingerprint density at radius 2 is 1.72 bits per heavy atom. The predicted molar refractivity (Wildman–Crippen MR) is 144 cm³/mol. The average molecular weight is 573 g/mol. The molecule has 3 N–H and O–H groups in total. The Bertz CT molecular complexity index is 1260. The summed E-state index contributed by atoms with van der Waals surface area (Å²) in [5.41, 5.74) is 3.38. The third-order valence-electron chi connectivity index (χ3n) is 6.00. The van der Waals surface area contributed by atoms with Gasteiger partial charge in [-0.15, -0.1) is 0 Å². The van der Waals surface area contributed by atoms with Crippen LogP contribution in [0.25, 0.3) is 0 Å². The highest BCUT2D eigenvalue weighted by Crippen LogP contribution is 2.31. The maximum atomic E-state index is 13.3. The molecule has 0 atom stereocenters. The molecule has 0 spiro atoms. The number of carbonyl (C=O) groups excluding carboxylic acids is 1. The minimum Gasteiger partial charge on any atom is -0.475 e. The first kappa shape index (κ1) is 31.9. The van der Waals surface area contributed by atoms with Gasteiger partial charge in [0.15, 0.2) is 0 Å². The molecule has 2 aromatic rings. The van der Waals surface area contributed by atoms with Crippen molar-refractivity contribution in [3.05, 3.63) is 53.1 Å². The SMILES string of the molecule is CCCCN(C)C(=O)c1ccc(N2CCNCC2)c(NS(=O)(=O)c2ccc(C)cc2C)c1.O=C(O)C(F)(F)F. The van der Waals surface area contributed by atoms with Gasteiger partial charge in [0.2, 0.25) is 0 Å². The number of alkyl halides is 3. The zero-order valence-corrected chi connectivity index (χ0v) is 23.2. The molecule has 0 bridgehead atoms. The molecule has 1 aliphatic heterocycles. The zero-order chi connectivity index (χ0) is 29.4. The first-order valence-electron chi connectivity index (χ1n) is 12.4. The molecule has 0 aromatic heterocycles. The number of benzene rings is 2. The zero-order valence-electron chi connectivity index (χ0n) is 22.4. The van der Waals surface area contributed by atoms with E-state index in [-0.39, 0.29) is 10.8 Å². The Hall–Kier alpha value is -3.32. The van der Waals surface area contributed by atoms with Gasteiger partial charge in [0.05, 0.1) is 16.3 Å². The van der Waals surface area contributed by atoms with Crippen LogP contribution in [0.1, 0.15) is 41.3 Å². The Morgan fingerprint density at radius 3 is 2.26 bits per heavy atom. The van der Waals surface area contributed by atoms with Crippen LogP contribution in [0.3, 0.4) is 0 Å². The van der Waals surface area contributed by atoms with E-state index >= 15 is 0 Å². The molecule has 0 aliphatic carbocycles. The number of aryl methyl sites for hydroxylation is 2. The van der Waals surface area contributed by atoms with Crippen molar-refractivity contribution in [3.8, 4) is 0 Å². The molecule has 216 valence electrons. The second-order valence-corrected chi connectivity index (χ2v) is 10.9. The van der Waals surface area contributed by atoms with Gasteiger partial charge in [-0.3, -0.25) is 9.52 Å². The van der Waals surface area contributed by atoms with E-state index in [0.29, 0.717) is 23.4 Å². The lowest BCUT2D eigenvalue weighted by Crippen LogP contribution is -2.43. The van der Waals surface area contributed by atoms with Crippen molar-refractivity contribution in [1.82, 2.24) is 10.2 Å². The van der Waals surface area contributed by atoms with Crippen molar-refractivity contribution in [2.75, 3.05) is 49.4 Å². The van der Waals surface area contributed by atoms with E-state index in [1.54, 1.807) is 43.1 Å². The van der Waals surface area contributed by atoms with E-state index in [1.165, 1.54) is 0 Å². The summed E-state index contributed by atoms with van der Waals surface area (Å²) in [5.74, 6) is -2.87. The molecule has 1 fully saturated rings. The third-order valence-corrected chi connectivity index (χ3v) is 7.53. The first-order valence-corrected chi connectivity index (χ1v) is 13.9. The molecule has 9 nitrogen and oxygen atoms in total. The van der Waals surface area contributed by atoms with Gasteiger partial charge >= 0.3 is 12.1 Å². The Kier molecular flexibility index (Phi) is 11.2. The van der Waals surface area contributed by atoms with Gasteiger partial charge in [0.25, 0.3) is 15.9 Å². The molecule has 3 rings (SSSR count). The minimum absolute atomic E-state index is 0.114. The summed E-state index contributed by atoms with van der Waals surface area (Å²) in [5, 5.41) is 10.4. The number of unbranched alkanes of at least 4 members (excludes halogenated alkanes) is 1. The Labute approximate surface area is 227 Å². The van der Waals surface area contributed by atoms with Crippen LogP contribution in [-0.4, -0.2) is 76.2 Å². The number of piperazine rings is 1. The highest BCUT2D eigenvalue weighted by atomic mass is 32.2. The van der Waals surface area contributed by atoms with E-state index in [4.69, 9.17) is 9.90 Å². The maximum absolute atomic E-state index is 13.3. The van der Waals surface area contributed by atoms with Crippen LogP contribution in [-0.2, 0) is 14.8 Å². The highest BCUT2D eigenvalue weighted by Gasteiger charge is 2.38. The van der Waals surface area contributed by atoms with Gasteiger partial charge in [0.1, 0.15) is 0 Å². The number of carboxylic acids is 1. The van der Waals surface area contributed by atoms with Crippen molar-refractivity contribution < 1.29 is 36.3 Å². The van der Waals surface area contributed by atoms with Gasteiger partial charge in [-0.1, -0.05) is 31.0 Å². The smallest absolute Gasteiger partial charge is 0.475 e. The van der Waals surface area contributed by atoms with E-state index in [0.717, 1.165) is 50.3 Å². The number of hydrogen-bond acceptors (Lipinski definition) is 6. The minimum atomic E-state index is -5.08. The summed E-state index contributed by atoms with van der Waals surface area (Å²) < 4.78 is 61.1. The summed E-state index contributed by atoms with van der Waals surface area (Å²) in [7, 11) is -2.04. The Balaban J connectivity index is 0.000000673. The number of nitrogens with one attached hydrogen (secondary N) is 2. The van der Waals surface area contributed by atoms with E-state index in [2.05, 4.69) is 21.9 Å². The lowest BCUT2D eigenvalue weighted by atomic mass is 10.1. The number of carbonyl (C=O) groups is 2. The topological polar surface area (TPSA) is 119 Å². The summed E-state index contributed by atoms with van der Waals surface area (Å²) in [4.78, 5) is 25.9. The Morgan fingerprint density at radius 1 is 1.10 bits per heavy atom. The molecule has 2 aromatic carbocycles. The van der Waals surface area contributed by atoms with E-state index < -0.39 is 22.2 Å². The standard InChI is InChI=1S/C24H34N4O3S.C2HF3O2/c1-5-6-13-27(4)24(29)20-8-9-22(28-14-11-25-12-15-28)21(17-20)26-32(30,31)23-10-7-18(2)16-19(23)3;3-2(4,5)1(6)7/h7-10,16-17,25-26H,5-6,11-15H2,1-4H3;(H,6,7). The summed E-state index contributed by atoms with van der Waals surface area (Å²) in [6, 6.07) is 10.6. The maximum Gasteiger partial charge on any atom is 0.490 e. The van der Waals surface area contributed by atoms with E-state index in [9.17, 15) is 26.4 Å². The summed E-state index contributed by atoms with van der Waals surface area (Å²) in [6.45, 7) is 9.65. The van der Waals surface area contributed by atoms with Crippen molar-refractivity contribution in [2.45, 2.75) is 44.7 Å². The number of hydrogen-bond donors (Lipinski definition) is 3. The fourth-order valence-electron chi connectivity index (χ4n) is 3.95. The molecule has 0 radical (unpaired) electrons. The number of halogens is 3. The van der Waals surface area contributed by atoms with Gasteiger partial charge in [-0.2, -0.15) is 13.2 Å². The van der Waals surface area contributed by atoms with Crippen LogP contribution in [0, 0.1) is 13.8 Å². The molecular formula is C26H35F3N4O5S. The normalized spacial score (nSPS) is 13.8. The van der Waals surface area contributed by atoms with Crippen LogP contribution >= 0.6 is 0 Å². The molecular weight excluding hydrogens is 537 g/mol.